The van der Waals surface area contributed by atoms with Crippen LogP contribution < -0.4 is 0 Å². The van der Waals surface area contributed by atoms with E-state index in [1.54, 1.807) is 35.4 Å². The fourth-order valence-corrected chi connectivity index (χ4v) is 6.06. The summed E-state index contributed by atoms with van der Waals surface area (Å²) in [6.07, 6.45) is 1.99. The number of rotatable bonds is 8. The highest BCUT2D eigenvalue weighted by atomic mass is 32.2. The van der Waals surface area contributed by atoms with Gasteiger partial charge in [0, 0.05) is 52.4 Å². The van der Waals surface area contributed by atoms with Gasteiger partial charge in [-0.05, 0) is 49.2 Å². The van der Waals surface area contributed by atoms with Gasteiger partial charge < -0.3 is 9.47 Å². The molecule has 188 valence electrons. The number of imidazole rings is 1. The number of carbonyl (C=O) groups excluding carboxylic acids is 1. The third-order valence-electron chi connectivity index (χ3n) is 6.59. The summed E-state index contributed by atoms with van der Waals surface area (Å²) in [6.45, 7) is 7.80. The summed E-state index contributed by atoms with van der Waals surface area (Å²) in [5.41, 5.74) is 3.59. The van der Waals surface area contributed by atoms with E-state index in [2.05, 4.69) is 23.3 Å². The Morgan fingerprint density at radius 2 is 1.69 bits per heavy atom. The van der Waals surface area contributed by atoms with Crippen LogP contribution in [0.2, 0.25) is 0 Å². The number of piperazine rings is 1. The van der Waals surface area contributed by atoms with Crippen LogP contribution in [0.5, 0.6) is 0 Å². The number of aromatic nitrogens is 2. The molecule has 1 aliphatic rings. The second-order valence-corrected chi connectivity index (χ2v) is 11.2. The van der Waals surface area contributed by atoms with Crippen molar-refractivity contribution >= 4 is 27.0 Å². The SMILES string of the molecule is CCCc1ccc(S(=O)(=O)N2CCN(Cc3nc4cc(C(=O)N(C)C)ccc4n3CC)CC2)cc1. The van der Waals surface area contributed by atoms with E-state index >= 15 is 0 Å². The Labute approximate surface area is 208 Å². The van der Waals surface area contributed by atoms with Gasteiger partial charge in [-0.15, -0.1) is 0 Å². The summed E-state index contributed by atoms with van der Waals surface area (Å²) in [7, 11) is -0.0134. The molecule has 0 unspecified atom stereocenters. The molecule has 35 heavy (non-hydrogen) atoms. The van der Waals surface area contributed by atoms with Crippen molar-refractivity contribution in [3.05, 3.63) is 59.4 Å². The molecule has 0 bridgehead atoms. The smallest absolute Gasteiger partial charge is 0.253 e. The summed E-state index contributed by atoms with van der Waals surface area (Å²) in [4.78, 5) is 21.4. The minimum absolute atomic E-state index is 0.0446. The Balaban J connectivity index is 1.45. The molecule has 1 fully saturated rings. The van der Waals surface area contributed by atoms with Crippen molar-refractivity contribution < 1.29 is 13.2 Å². The van der Waals surface area contributed by atoms with Crippen LogP contribution in [0.15, 0.2) is 47.4 Å². The summed E-state index contributed by atoms with van der Waals surface area (Å²) in [5, 5.41) is 0. The fraction of sp³-hybridized carbons (Fsp3) is 0.462. The average molecular weight is 498 g/mol. The number of amides is 1. The molecule has 2 heterocycles. The first-order valence-corrected chi connectivity index (χ1v) is 13.7. The zero-order chi connectivity index (χ0) is 25.2. The lowest BCUT2D eigenvalue weighted by atomic mass is 10.1. The molecule has 1 aromatic heterocycles. The largest absolute Gasteiger partial charge is 0.345 e. The molecule has 4 rings (SSSR count). The number of sulfonamides is 1. The molecule has 2 aromatic carbocycles. The fourth-order valence-electron chi connectivity index (χ4n) is 4.64. The van der Waals surface area contributed by atoms with Gasteiger partial charge in [0.1, 0.15) is 5.82 Å². The third-order valence-corrected chi connectivity index (χ3v) is 8.51. The van der Waals surface area contributed by atoms with Crippen LogP contribution in [0.25, 0.3) is 11.0 Å². The third kappa shape index (κ3) is 5.27. The minimum Gasteiger partial charge on any atom is -0.345 e. The van der Waals surface area contributed by atoms with Crippen LogP contribution in [0.1, 0.15) is 42.0 Å². The second kappa shape index (κ2) is 10.5. The van der Waals surface area contributed by atoms with Crippen LogP contribution in [0.3, 0.4) is 0 Å². The van der Waals surface area contributed by atoms with Gasteiger partial charge in [0.25, 0.3) is 5.91 Å². The van der Waals surface area contributed by atoms with Gasteiger partial charge in [0.05, 0.1) is 22.5 Å². The van der Waals surface area contributed by atoms with Crippen LogP contribution in [-0.2, 0) is 29.5 Å². The molecule has 0 spiro atoms. The monoisotopic (exact) mass is 497 g/mol. The van der Waals surface area contributed by atoms with Crippen molar-refractivity contribution in [2.45, 2.75) is 44.7 Å². The number of hydrogen-bond acceptors (Lipinski definition) is 5. The second-order valence-electron chi connectivity index (χ2n) is 9.25. The highest BCUT2D eigenvalue weighted by molar-refractivity contribution is 7.89. The highest BCUT2D eigenvalue weighted by Gasteiger charge is 2.29. The van der Waals surface area contributed by atoms with Gasteiger partial charge in [0.2, 0.25) is 10.0 Å². The molecule has 0 radical (unpaired) electrons. The van der Waals surface area contributed by atoms with Gasteiger partial charge in [-0.25, -0.2) is 13.4 Å². The predicted octanol–water partition coefficient (Wildman–Crippen LogP) is 3.22. The number of nitrogens with zero attached hydrogens (tertiary/aromatic N) is 5. The lowest BCUT2D eigenvalue weighted by molar-refractivity contribution is 0.0827. The Morgan fingerprint density at radius 1 is 1.00 bits per heavy atom. The van der Waals surface area contributed by atoms with Crippen molar-refractivity contribution in [2.75, 3.05) is 40.3 Å². The van der Waals surface area contributed by atoms with Crippen LogP contribution in [0, 0.1) is 0 Å². The Morgan fingerprint density at radius 3 is 2.29 bits per heavy atom. The first kappa shape index (κ1) is 25.3. The maximum Gasteiger partial charge on any atom is 0.253 e. The van der Waals surface area contributed by atoms with Crippen molar-refractivity contribution in [1.82, 2.24) is 23.7 Å². The predicted molar refractivity (Wildman–Crippen MR) is 138 cm³/mol. The molecule has 9 heteroatoms. The molecule has 1 aliphatic heterocycles. The maximum absolute atomic E-state index is 13.1. The van der Waals surface area contributed by atoms with E-state index in [-0.39, 0.29) is 5.91 Å². The molecule has 1 saturated heterocycles. The number of hydrogen-bond donors (Lipinski definition) is 0. The molecular formula is C26H35N5O3S. The van der Waals surface area contributed by atoms with Crippen LogP contribution in [0.4, 0.5) is 0 Å². The van der Waals surface area contributed by atoms with E-state index < -0.39 is 10.0 Å². The highest BCUT2D eigenvalue weighted by Crippen LogP contribution is 2.22. The standard InChI is InChI=1S/C26H35N5O3S/c1-5-7-20-8-11-22(12-9-20)35(33,34)30-16-14-29(15-17-30)19-25-27-23-18-21(26(32)28(3)4)10-13-24(23)31(25)6-2/h8-13,18H,5-7,14-17,19H2,1-4H3. The zero-order valence-electron chi connectivity index (χ0n) is 21.1. The van der Waals surface area contributed by atoms with Gasteiger partial charge in [-0.1, -0.05) is 25.5 Å². The summed E-state index contributed by atoms with van der Waals surface area (Å²) >= 11 is 0. The lowest BCUT2D eigenvalue weighted by Gasteiger charge is -2.33. The molecule has 1 amide bonds. The van der Waals surface area contributed by atoms with Crippen LogP contribution in [-0.4, -0.2) is 78.3 Å². The van der Waals surface area contributed by atoms with Gasteiger partial charge in [-0.2, -0.15) is 4.31 Å². The average Bonchev–Trinajstić information content (AvgIpc) is 3.20. The molecule has 8 nitrogen and oxygen atoms in total. The normalized spacial score (nSPS) is 15.5. The number of carbonyl (C=O) groups is 1. The summed E-state index contributed by atoms with van der Waals surface area (Å²) in [6, 6.07) is 12.9. The molecule has 0 N–H and O–H groups in total. The van der Waals surface area contributed by atoms with E-state index in [1.807, 2.05) is 30.3 Å². The Bertz CT molecular complexity index is 1290. The molecule has 3 aromatic rings. The topological polar surface area (TPSA) is 78.8 Å². The van der Waals surface area contributed by atoms with Crippen molar-refractivity contribution in [2.24, 2.45) is 0 Å². The van der Waals surface area contributed by atoms with E-state index in [1.165, 1.54) is 0 Å². The maximum atomic E-state index is 13.1. The van der Waals surface area contributed by atoms with Crippen molar-refractivity contribution in [1.29, 1.82) is 0 Å². The minimum atomic E-state index is -3.49. The summed E-state index contributed by atoms with van der Waals surface area (Å²) in [5.74, 6) is 0.886. The van der Waals surface area contributed by atoms with Gasteiger partial charge in [-0.3, -0.25) is 9.69 Å². The molecule has 0 atom stereocenters. The first-order valence-electron chi connectivity index (χ1n) is 12.3. The number of aryl methyl sites for hydroxylation is 2. The first-order chi connectivity index (χ1) is 16.7. The zero-order valence-corrected chi connectivity index (χ0v) is 21.9. The molecular weight excluding hydrogens is 462 g/mol. The van der Waals surface area contributed by atoms with Crippen molar-refractivity contribution in [3.8, 4) is 0 Å². The Hall–Kier alpha value is -2.75. The molecule has 0 aliphatic carbocycles. The Kier molecular flexibility index (Phi) is 7.59. The van der Waals surface area contributed by atoms with Gasteiger partial charge in [0.15, 0.2) is 0 Å². The quantitative estimate of drug-likeness (QED) is 0.478. The van der Waals surface area contributed by atoms with Crippen molar-refractivity contribution in [3.63, 3.8) is 0 Å². The lowest BCUT2D eigenvalue weighted by Crippen LogP contribution is -2.48. The molecule has 0 saturated carbocycles. The van der Waals surface area contributed by atoms with E-state index in [0.29, 0.717) is 43.2 Å². The summed E-state index contributed by atoms with van der Waals surface area (Å²) < 4.78 is 30.0. The van der Waals surface area contributed by atoms with E-state index in [4.69, 9.17) is 4.98 Å². The van der Waals surface area contributed by atoms with E-state index in [9.17, 15) is 13.2 Å². The van der Waals surface area contributed by atoms with Crippen LogP contribution >= 0.6 is 0 Å². The van der Waals surface area contributed by atoms with E-state index in [0.717, 1.165) is 41.8 Å². The number of benzene rings is 2. The number of fused-ring (bicyclic) bond motifs is 1. The van der Waals surface area contributed by atoms with Gasteiger partial charge >= 0.3 is 0 Å².